The number of alkyl halides is 3. The number of nitrogens with two attached hydrogens (primary N) is 1. The largest absolute Gasteiger partial charge is 0.433 e. The van der Waals surface area contributed by atoms with Crippen LogP contribution in [0.5, 0.6) is 0 Å². The molecular formula is C10H10F3N5O. The minimum atomic E-state index is -4.57. The summed E-state index contributed by atoms with van der Waals surface area (Å²) in [5.74, 6) is -0.0109. The van der Waals surface area contributed by atoms with E-state index in [4.69, 9.17) is 10.3 Å². The molecule has 0 amide bonds. The van der Waals surface area contributed by atoms with Crippen LogP contribution in [0.2, 0.25) is 0 Å². The van der Waals surface area contributed by atoms with E-state index >= 15 is 0 Å². The molecule has 0 unspecified atom stereocenters. The molecule has 9 heteroatoms. The second-order valence-electron chi connectivity index (χ2n) is 3.78. The third kappa shape index (κ3) is 3.33. The summed E-state index contributed by atoms with van der Waals surface area (Å²) in [5.41, 5.74) is 4.81. The van der Waals surface area contributed by atoms with Crippen LogP contribution in [0.3, 0.4) is 0 Å². The quantitative estimate of drug-likeness (QED) is 0.888. The van der Waals surface area contributed by atoms with Gasteiger partial charge in [-0.25, -0.2) is 4.98 Å². The molecule has 0 saturated carbocycles. The van der Waals surface area contributed by atoms with E-state index in [-0.39, 0.29) is 12.4 Å². The molecule has 0 radical (unpaired) electrons. The van der Waals surface area contributed by atoms with Crippen LogP contribution in [0, 0.1) is 6.92 Å². The summed E-state index contributed by atoms with van der Waals surface area (Å²) in [4.78, 5) is 6.79. The topological polar surface area (TPSA) is 89.9 Å². The molecule has 0 aliphatic heterocycles. The zero-order valence-electron chi connectivity index (χ0n) is 9.82. The predicted octanol–water partition coefficient (Wildman–Crippen LogP) is 1.99. The smallest absolute Gasteiger partial charge is 0.368 e. The van der Waals surface area contributed by atoms with Crippen molar-refractivity contribution in [3.05, 3.63) is 29.3 Å². The van der Waals surface area contributed by atoms with Crippen LogP contribution in [0.4, 0.5) is 24.9 Å². The first-order valence-corrected chi connectivity index (χ1v) is 5.22. The Hall–Kier alpha value is -2.32. The van der Waals surface area contributed by atoms with Crippen molar-refractivity contribution in [3.63, 3.8) is 0 Å². The van der Waals surface area contributed by atoms with Crippen LogP contribution in [-0.4, -0.2) is 15.1 Å². The molecule has 3 N–H and O–H groups in total. The third-order valence-electron chi connectivity index (χ3n) is 2.15. The third-order valence-corrected chi connectivity index (χ3v) is 2.15. The highest BCUT2D eigenvalue weighted by atomic mass is 19.4. The minimum absolute atomic E-state index is 0.0334. The van der Waals surface area contributed by atoms with E-state index in [1.807, 2.05) is 0 Å². The lowest BCUT2D eigenvalue weighted by Crippen LogP contribution is -2.12. The Labute approximate surface area is 105 Å². The van der Waals surface area contributed by atoms with Gasteiger partial charge in [0.2, 0.25) is 5.95 Å². The Morgan fingerprint density at radius 1 is 1.32 bits per heavy atom. The molecule has 0 aliphatic rings. The molecule has 0 spiro atoms. The highest BCUT2D eigenvalue weighted by Crippen LogP contribution is 2.29. The fourth-order valence-electron chi connectivity index (χ4n) is 1.38. The Morgan fingerprint density at radius 2 is 2.05 bits per heavy atom. The van der Waals surface area contributed by atoms with Crippen molar-refractivity contribution in [2.75, 3.05) is 11.1 Å². The van der Waals surface area contributed by atoms with Crippen molar-refractivity contribution in [1.82, 2.24) is 15.1 Å². The van der Waals surface area contributed by atoms with Crippen LogP contribution < -0.4 is 11.1 Å². The summed E-state index contributed by atoms with van der Waals surface area (Å²) in [5, 5.41) is 6.31. The monoisotopic (exact) mass is 273 g/mol. The standard InChI is InChI=1S/C10H10F3N5O/c1-5-2-6(19-18-5)4-15-8-3-7(10(11,12)13)16-9(14)17-8/h2-3H,4H2,1H3,(H3,14,15,16,17). The number of anilines is 2. The Kier molecular flexibility index (Phi) is 3.28. The molecular weight excluding hydrogens is 263 g/mol. The second-order valence-corrected chi connectivity index (χ2v) is 3.78. The van der Waals surface area contributed by atoms with Crippen molar-refractivity contribution >= 4 is 11.8 Å². The number of rotatable bonds is 3. The molecule has 2 rings (SSSR count). The van der Waals surface area contributed by atoms with E-state index in [1.165, 1.54) is 0 Å². The first-order chi connectivity index (χ1) is 8.84. The molecule has 0 atom stereocenters. The number of hydrogen-bond acceptors (Lipinski definition) is 6. The van der Waals surface area contributed by atoms with Gasteiger partial charge in [0.1, 0.15) is 5.82 Å². The number of aromatic nitrogens is 3. The molecule has 102 valence electrons. The van der Waals surface area contributed by atoms with Gasteiger partial charge in [-0.15, -0.1) is 0 Å². The van der Waals surface area contributed by atoms with Gasteiger partial charge in [0.05, 0.1) is 12.2 Å². The summed E-state index contributed by atoms with van der Waals surface area (Å²) in [6, 6.07) is 2.43. The van der Waals surface area contributed by atoms with Crippen LogP contribution >= 0.6 is 0 Å². The van der Waals surface area contributed by atoms with Crippen molar-refractivity contribution in [2.24, 2.45) is 0 Å². The predicted molar refractivity (Wildman–Crippen MR) is 60.0 cm³/mol. The van der Waals surface area contributed by atoms with Gasteiger partial charge in [0.15, 0.2) is 11.5 Å². The van der Waals surface area contributed by atoms with E-state index in [1.54, 1.807) is 13.0 Å². The number of halogens is 3. The number of nitrogens with zero attached hydrogens (tertiary/aromatic N) is 3. The average molecular weight is 273 g/mol. The lowest BCUT2D eigenvalue weighted by molar-refractivity contribution is -0.141. The fourth-order valence-corrected chi connectivity index (χ4v) is 1.38. The van der Waals surface area contributed by atoms with Gasteiger partial charge < -0.3 is 15.6 Å². The van der Waals surface area contributed by atoms with Gasteiger partial charge in [-0.3, -0.25) is 0 Å². The Morgan fingerprint density at radius 3 is 2.63 bits per heavy atom. The molecule has 2 aromatic heterocycles. The van der Waals surface area contributed by atoms with E-state index in [9.17, 15) is 13.2 Å². The summed E-state index contributed by atoms with van der Waals surface area (Å²) in [7, 11) is 0. The molecule has 19 heavy (non-hydrogen) atoms. The summed E-state index contributed by atoms with van der Waals surface area (Å²) in [6.07, 6.45) is -4.57. The van der Waals surface area contributed by atoms with Gasteiger partial charge >= 0.3 is 6.18 Å². The van der Waals surface area contributed by atoms with Gasteiger partial charge in [-0.05, 0) is 6.92 Å². The Bertz CT molecular complexity index is 581. The fraction of sp³-hybridized carbons (Fsp3) is 0.300. The van der Waals surface area contributed by atoms with Gasteiger partial charge in [-0.1, -0.05) is 5.16 Å². The molecule has 0 aliphatic carbocycles. The van der Waals surface area contributed by atoms with E-state index < -0.39 is 17.8 Å². The zero-order valence-corrected chi connectivity index (χ0v) is 9.82. The number of nitrogen functional groups attached to an aromatic ring is 1. The summed E-state index contributed by atoms with van der Waals surface area (Å²) >= 11 is 0. The van der Waals surface area contributed by atoms with Crippen molar-refractivity contribution in [1.29, 1.82) is 0 Å². The minimum Gasteiger partial charge on any atom is -0.368 e. The van der Waals surface area contributed by atoms with Crippen molar-refractivity contribution in [3.8, 4) is 0 Å². The molecule has 0 fully saturated rings. The molecule has 2 heterocycles. The maximum Gasteiger partial charge on any atom is 0.433 e. The van der Waals surface area contributed by atoms with Crippen LogP contribution in [0.25, 0.3) is 0 Å². The van der Waals surface area contributed by atoms with Crippen molar-refractivity contribution in [2.45, 2.75) is 19.6 Å². The van der Waals surface area contributed by atoms with E-state index in [2.05, 4.69) is 20.4 Å². The van der Waals surface area contributed by atoms with Gasteiger partial charge in [0, 0.05) is 12.1 Å². The molecule has 6 nitrogen and oxygen atoms in total. The zero-order chi connectivity index (χ0) is 14.0. The van der Waals surface area contributed by atoms with Gasteiger partial charge in [0.25, 0.3) is 0 Å². The normalized spacial score (nSPS) is 11.6. The molecule has 0 saturated heterocycles. The maximum atomic E-state index is 12.5. The number of nitrogens with one attached hydrogen (secondary N) is 1. The van der Waals surface area contributed by atoms with E-state index in [0.717, 1.165) is 6.07 Å². The second kappa shape index (κ2) is 4.75. The molecule has 0 aromatic carbocycles. The highest BCUT2D eigenvalue weighted by Gasteiger charge is 2.33. The van der Waals surface area contributed by atoms with Crippen molar-refractivity contribution < 1.29 is 17.7 Å². The average Bonchev–Trinajstić information content (AvgIpc) is 2.71. The number of hydrogen-bond donors (Lipinski definition) is 2. The Balaban J connectivity index is 2.14. The molecule has 0 bridgehead atoms. The first-order valence-electron chi connectivity index (χ1n) is 5.22. The first kappa shape index (κ1) is 13.1. The van der Waals surface area contributed by atoms with Gasteiger partial charge in [-0.2, -0.15) is 18.2 Å². The summed E-state index contributed by atoms with van der Waals surface area (Å²) in [6.45, 7) is 1.88. The van der Waals surface area contributed by atoms with Crippen LogP contribution in [0.15, 0.2) is 16.7 Å². The molecule has 2 aromatic rings. The lowest BCUT2D eigenvalue weighted by Gasteiger charge is -2.09. The number of aryl methyl sites for hydroxylation is 1. The van der Waals surface area contributed by atoms with Crippen LogP contribution in [-0.2, 0) is 12.7 Å². The summed E-state index contributed by atoms with van der Waals surface area (Å²) < 4.78 is 42.4. The van der Waals surface area contributed by atoms with E-state index in [0.29, 0.717) is 11.5 Å². The lowest BCUT2D eigenvalue weighted by atomic mass is 10.3. The maximum absolute atomic E-state index is 12.5. The van der Waals surface area contributed by atoms with Crippen LogP contribution in [0.1, 0.15) is 17.1 Å². The highest BCUT2D eigenvalue weighted by molar-refractivity contribution is 5.41. The SMILES string of the molecule is Cc1cc(CNc2cc(C(F)(F)F)nc(N)n2)on1.